The van der Waals surface area contributed by atoms with Gasteiger partial charge in [-0.1, -0.05) is 6.07 Å². The SMILES string of the molecule is CCOC(=O)Cc1c(C(=O)c2cccs2)sc2sc(C)cc12. The van der Waals surface area contributed by atoms with Gasteiger partial charge in [0.25, 0.3) is 0 Å². The maximum atomic E-state index is 12.7. The van der Waals surface area contributed by atoms with Crippen molar-refractivity contribution in [2.75, 3.05) is 6.61 Å². The van der Waals surface area contributed by atoms with Crippen molar-refractivity contribution in [2.45, 2.75) is 20.3 Å². The minimum atomic E-state index is -0.286. The second-order valence-electron chi connectivity index (χ2n) is 4.76. The topological polar surface area (TPSA) is 43.4 Å². The largest absolute Gasteiger partial charge is 0.466 e. The number of carbonyl (C=O) groups excluding carboxylic acids is 2. The van der Waals surface area contributed by atoms with Crippen LogP contribution in [0.15, 0.2) is 23.6 Å². The van der Waals surface area contributed by atoms with Crippen LogP contribution in [0.1, 0.15) is 31.9 Å². The van der Waals surface area contributed by atoms with Crippen LogP contribution in [0.2, 0.25) is 0 Å². The van der Waals surface area contributed by atoms with Crippen molar-refractivity contribution in [2.24, 2.45) is 0 Å². The molecular formula is C16H14O3S3. The van der Waals surface area contributed by atoms with Gasteiger partial charge < -0.3 is 4.74 Å². The summed E-state index contributed by atoms with van der Waals surface area (Å²) >= 11 is 4.56. The van der Waals surface area contributed by atoms with Gasteiger partial charge in [-0.2, -0.15) is 0 Å². The molecule has 3 rings (SSSR count). The molecule has 0 bridgehead atoms. The van der Waals surface area contributed by atoms with Gasteiger partial charge in [0, 0.05) is 10.3 Å². The molecule has 114 valence electrons. The van der Waals surface area contributed by atoms with E-state index in [1.165, 1.54) is 27.6 Å². The molecule has 0 fully saturated rings. The molecule has 0 radical (unpaired) electrons. The fourth-order valence-electron chi connectivity index (χ4n) is 2.29. The number of hydrogen-bond donors (Lipinski definition) is 0. The van der Waals surface area contributed by atoms with Crippen molar-refractivity contribution < 1.29 is 14.3 Å². The number of hydrogen-bond acceptors (Lipinski definition) is 6. The van der Waals surface area contributed by atoms with E-state index >= 15 is 0 Å². The zero-order valence-corrected chi connectivity index (χ0v) is 14.6. The lowest BCUT2D eigenvalue weighted by Gasteiger charge is -2.03. The van der Waals surface area contributed by atoms with Gasteiger partial charge >= 0.3 is 5.97 Å². The van der Waals surface area contributed by atoms with E-state index in [0.29, 0.717) is 16.4 Å². The molecule has 0 aliphatic carbocycles. The first-order valence-corrected chi connectivity index (χ1v) is 9.37. The van der Waals surface area contributed by atoms with Gasteiger partial charge in [0.15, 0.2) is 0 Å². The molecule has 3 aromatic heterocycles. The van der Waals surface area contributed by atoms with Crippen LogP contribution in [0.3, 0.4) is 0 Å². The van der Waals surface area contributed by atoms with E-state index in [9.17, 15) is 9.59 Å². The summed E-state index contributed by atoms with van der Waals surface area (Å²) < 4.78 is 6.15. The molecule has 0 spiro atoms. The standard InChI is InChI=1S/C16H14O3S3/c1-3-19-13(17)8-10-11-7-9(2)21-16(11)22-15(10)14(18)12-5-4-6-20-12/h4-7H,3,8H2,1-2H3. The molecule has 0 amide bonds. The van der Waals surface area contributed by atoms with Crippen LogP contribution < -0.4 is 0 Å². The van der Waals surface area contributed by atoms with E-state index in [1.807, 2.05) is 24.4 Å². The molecule has 0 unspecified atom stereocenters. The summed E-state index contributed by atoms with van der Waals surface area (Å²) in [5, 5.41) is 2.90. The fourth-order valence-corrected chi connectivity index (χ4v) is 5.58. The Morgan fingerprint density at radius 1 is 1.27 bits per heavy atom. The summed E-state index contributed by atoms with van der Waals surface area (Å²) in [6.45, 7) is 4.17. The van der Waals surface area contributed by atoms with Crippen LogP contribution in [0, 0.1) is 6.92 Å². The average molecular weight is 350 g/mol. The van der Waals surface area contributed by atoms with Crippen molar-refractivity contribution >= 4 is 55.2 Å². The lowest BCUT2D eigenvalue weighted by atomic mass is 10.1. The fraction of sp³-hybridized carbons (Fsp3) is 0.250. The van der Waals surface area contributed by atoms with Gasteiger partial charge in [-0.15, -0.1) is 34.0 Å². The van der Waals surface area contributed by atoms with E-state index in [-0.39, 0.29) is 18.2 Å². The molecule has 3 aromatic rings. The minimum absolute atomic E-state index is 0.000325. The Balaban J connectivity index is 2.06. The zero-order valence-electron chi connectivity index (χ0n) is 12.2. The molecule has 3 nitrogen and oxygen atoms in total. The van der Waals surface area contributed by atoms with Crippen LogP contribution in [-0.2, 0) is 16.0 Å². The van der Waals surface area contributed by atoms with E-state index in [1.54, 1.807) is 18.3 Å². The second kappa shape index (κ2) is 6.32. The first kappa shape index (κ1) is 15.4. The molecule has 22 heavy (non-hydrogen) atoms. The van der Waals surface area contributed by atoms with Crippen molar-refractivity contribution in [3.05, 3.63) is 43.8 Å². The Morgan fingerprint density at radius 3 is 2.77 bits per heavy atom. The monoisotopic (exact) mass is 350 g/mol. The molecule has 0 aromatic carbocycles. The summed E-state index contributed by atoms with van der Waals surface area (Å²) in [4.78, 5) is 27.1. The Hall–Kier alpha value is -1.50. The first-order chi connectivity index (χ1) is 10.6. The van der Waals surface area contributed by atoms with E-state index < -0.39 is 0 Å². The van der Waals surface area contributed by atoms with Crippen molar-refractivity contribution in [3.63, 3.8) is 0 Å². The summed E-state index contributed by atoms with van der Waals surface area (Å²) in [7, 11) is 0. The minimum Gasteiger partial charge on any atom is -0.466 e. The van der Waals surface area contributed by atoms with Gasteiger partial charge in [-0.3, -0.25) is 9.59 Å². The molecule has 0 atom stereocenters. The number of esters is 1. The highest BCUT2D eigenvalue weighted by Crippen LogP contribution is 2.39. The van der Waals surface area contributed by atoms with E-state index in [2.05, 4.69) is 6.07 Å². The molecule has 0 saturated carbocycles. The highest BCUT2D eigenvalue weighted by molar-refractivity contribution is 7.39. The summed E-state index contributed by atoms with van der Waals surface area (Å²) in [6, 6.07) is 5.74. The number of ketones is 1. The van der Waals surface area contributed by atoms with Crippen LogP contribution in [0.4, 0.5) is 0 Å². The maximum Gasteiger partial charge on any atom is 0.310 e. The summed E-state index contributed by atoms with van der Waals surface area (Å²) in [5.41, 5.74) is 0.807. The van der Waals surface area contributed by atoms with Gasteiger partial charge in [0.1, 0.15) is 0 Å². The molecule has 0 aliphatic heterocycles. The predicted octanol–water partition coefficient (Wildman–Crippen LogP) is 4.67. The third-order valence-corrected chi connectivity index (χ3v) is 6.45. The van der Waals surface area contributed by atoms with E-state index in [4.69, 9.17) is 4.74 Å². The highest BCUT2D eigenvalue weighted by atomic mass is 32.2. The quantitative estimate of drug-likeness (QED) is 0.496. The molecule has 3 heterocycles. The Morgan fingerprint density at radius 2 is 2.09 bits per heavy atom. The van der Waals surface area contributed by atoms with Crippen molar-refractivity contribution in [3.8, 4) is 0 Å². The van der Waals surface area contributed by atoms with Crippen molar-refractivity contribution in [1.82, 2.24) is 0 Å². The second-order valence-corrected chi connectivity index (χ2v) is 8.24. The molecule has 0 saturated heterocycles. The number of ether oxygens (including phenoxy) is 1. The lowest BCUT2D eigenvalue weighted by molar-refractivity contribution is -0.142. The Bertz CT molecular complexity index is 824. The Kier molecular flexibility index (Phi) is 4.42. The maximum absolute atomic E-state index is 12.7. The highest BCUT2D eigenvalue weighted by Gasteiger charge is 2.23. The number of thiophene rings is 3. The van der Waals surface area contributed by atoms with Gasteiger partial charge in [0.2, 0.25) is 5.78 Å². The van der Waals surface area contributed by atoms with E-state index in [0.717, 1.165) is 15.0 Å². The first-order valence-electron chi connectivity index (χ1n) is 6.85. The summed E-state index contributed by atoms with van der Waals surface area (Å²) in [5.74, 6) is -0.286. The van der Waals surface area contributed by atoms with Gasteiger partial charge in [-0.05, 0) is 36.9 Å². The van der Waals surface area contributed by atoms with Crippen LogP contribution in [0.25, 0.3) is 9.40 Å². The molecular weight excluding hydrogens is 336 g/mol. The number of carbonyl (C=O) groups is 2. The lowest BCUT2D eigenvalue weighted by Crippen LogP contribution is -2.10. The summed E-state index contributed by atoms with van der Waals surface area (Å²) in [6.07, 6.45) is 0.149. The molecule has 0 N–H and O–H groups in total. The zero-order chi connectivity index (χ0) is 15.7. The number of fused-ring (bicyclic) bond motifs is 1. The predicted molar refractivity (Wildman–Crippen MR) is 92.5 cm³/mol. The third-order valence-electron chi connectivity index (χ3n) is 3.19. The van der Waals surface area contributed by atoms with Crippen LogP contribution in [0.5, 0.6) is 0 Å². The number of aryl methyl sites for hydroxylation is 1. The van der Waals surface area contributed by atoms with Gasteiger partial charge in [0.05, 0.1) is 26.8 Å². The van der Waals surface area contributed by atoms with Gasteiger partial charge in [-0.25, -0.2) is 0 Å². The van der Waals surface area contributed by atoms with Crippen LogP contribution >= 0.6 is 34.0 Å². The smallest absolute Gasteiger partial charge is 0.310 e. The van der Waals surface area contributed by atoms with Crippen molar-refractivity contribution in [1.29, 1.82) is 0 Å². The average Bonchev–Trinajstić information content (AvgIpc) is 3.16. The third kappa shape index (κ3) is 2.86. The molecule has 0 aliphatic rings. The molecule has 6 heteroatoms. The van der Waals surface area contributed by atoms with Crippen LogP contribution in [-0.4, -0.2) is 18.4 Å². The Labute approximate surface area is 140 Å². The normalized spacial score (nSPS) is 11.0. The number of rotatable bonds is 5.